The molecular formula is C11H15N5O4. The van der Waals surface area contributed by atoms with E-state index in [9.17, 15) is 19.7 Å². The number of nitrogens with one attached hydrogen (secondary N) is 4. The van der Waals surface area contributed by atoms with Crippen LogP contribution in [0.1, 0.15) is 6.92 Å². The summed E-state index contributed by atoms with van der Waals surface area (Å²) in [5, 5.41) is 16.9. The van der Waals surface area contributed by atoms with Gasteiger partial charge in [0.15, 0.2) is 5.03 Å². The van der Waals surface area contributed by atoms with Crippen LogP contribution in [0.5, 0.6) is 0 Å². The molecule has 0 atom stereocenters. The summed E-state index contributed by atoms with van der Waals surface area (Å²) in [5.41, 5.74) is 3.09. The topological polar surface area (TPSA) is 125 Å². The summed E-state index contributed by atoms with van der Waals surface area (Å²) in [6, 6.07) is 6.07. The molecule has 0 heterocycles. The van der Waals surface area contributed by atoms with Crippen LogP contribution in [0, 0.1) is 10.1 Å². The molecule has 0 spiro atoms. The van der Waals surface area contributed by atoms with Gasteiger partial charge in [0.25, 0.3) is 0 Å². The van der Waals surface area contributed by atoms with Gasteiger partial charge in [-0.15, -0.1) is 5.43 Å². The second-order valence-corrected chi connectivity index (χ2v) is 3.80. The molecular weight excluding hydrogens is 266 g/mol. The number of hydrogen-bond acceptors (Lipinski definition) is 4. The van der Waals surface area contributed by atoms with Gasteiger partial charge in [0, 0.05) is 24.8 Å². The Labute approximate surface area is 114 Å². The first-order valence-corrected chi connectivity index (χ1v) is 5.78. The predicted molar refractivity (Wildman–Crippen MR) is 72.8 cm³/mol. The SMILES string of the molecule is CC(=O)Nc1ccc(NC(=O)NCCN[N+](=O)[O-])cc1. The maximum absolute atomic E-state index is 11.4. The summed E-state index contributed by atoms with van der Waals surface area (Å²) in [5.74, 6) is -0.179. The van der Waals surface area contributed by atoms with Gasteiger partial charge in [-0.2, -0.15) is 0 Å². The molecule has 0 aliphatic heterocycles. The normalized spacial score (nSPS) is 9.45. The highest BCUT2D eigenvalue weighted by Crippen LogP contribution is 2.13. The van der Waals surface area contributed by atoms with E-state index in [0.29, 0.717) is 11.4 Å². The number of hydrazine groups is 1. The minimum Gasteiger partial charge on any atom is -0.336 e. The number of nitrogens with zero attached hydrogens (tertiary/aromatic N) is 1. The van der Waals surface area contributed by atoms with E-state index in [1.54, 1.807) is 24.3 Å². The van der Waals surface area contributed by atoms with Crippen LogP contribution in [0.3, 0.4) is 0 Å². The molecule has 9 nitrogen and oxygen atoms in total. The molecule has 108 valence electrons. The van der Waals surface area contributed by atoms with E-state index in [-0.39, 0.29) is 19.0 Å². The molecule has 9 heteroatoms. The van der Waals surface area contributed by atoms with Gasteiger partial charge in [-0.05, 0) is 24.3 Å². The molecule has 1 aromatic carbocycles. The Bertz CT molecular complexity index is 488. The molecule has 0 radical (unpaired) electrons. The van der Waals surface area contributed by atoms with E-state index in [4.69, 9.17) is 0 Å². The van der Waals surface area contributed by atoms with Gasteiger partial charge >= 0.3 is 6.03 Å². The zero-order valence-corrected chi connectivity index (χ0v) is 10.8. The minimum atomic E-state index is -0.680. The van der Waals surface area contributed by atoms with Crippen molar-refractivity contribution < 1.29 is 14.6 Å². The molecule has 4 N–H and O–H groups in total. The molecule has 0 aliphatic carbocycles. The average molecular weight is 281 g/mol. The van der Waals surface area contributed by atoms with Gasteiger partial charge in [0.05, 0.1) is 6.54 Å². The van der Waals surface area contributed by atoms with Crippen molar-refractivity contribution in [2.24, 2.45) is 0 Å². The minimum absolute atomic E-state index is 0.0297. The van der Waals surface area contributed by atoms with Crippen LogP contribution in [0.15, 0.2) is 24.3 Å². The Morgan fingerprint density at radius 2 is 1.65 bits per heavy atom. The molecule has 0 bridgehead atoms. The highest BCUT2D eigenvalue weighted by molar-refractivity contribution is 5.91. The number of carbonyl (C=O) groups is 2. The number of hydrogen-bond donors (Lipinski definition) is 4. The Morgan fingerprint density at radius 1 is 1.10 bits per heavy atom. The molecule has 0 unspecified atom stereocenters. The number of carbonyl (C=O) groups excluding carboxylic acids is 2. The van der Waals surface area contributed by atoms with Crippen molar-refractivity contribution in [3.05, 3.63) is 34.4 Å². The lowest BCUT2D eigenvalue weighted by Gasteiger charge is -2.08. The maximum atomic E-state index is 11.4. The largest absolute Gasteiger partial charge is 0.336 e. The van der Waals surface area contributed by atoms with Crippen molar-refractivity contribution in [1.82, 2.24) is 10.7 Å². The number of rotatable bonds is 6. The molecule has 1 rings (SSSR count). The zero-order chi connectivity index (χ0) is 15.0. The third kappa shape index (κ3) is 6.19. The van der Waals surface area contributed by atoms with Crippen LogP contribution < -0.4 is 21.4 Å². The van der Waals surface area contributed by atoms with Gasteiger partial charge in [0.2, 0.25) is 5.91 Å². The lowest BCUT2D eigenvalue weighted by atomic mass is 10.3. The van der Waals surface area contributed by atoms with Crippen LogP contribution >= 0.6 is 0 Å². The Hall–Kier alpha value is -2.84. The molecule has 1 aromatic rings. The Morgan fingerprint density at radius 3 is 2.15 bits per heavy atom. The van der Waals surface area contributed by atoms with Gasteiger partial charge < -0.3 is 16.0 Å². The van der Waals surface area contributed by atoms with E-state index in [2.05, 4.69) is 16.0 Å². The average Bonchev–Trinajstić information content (AvgIpc) is 2.36. The van der Waals surface area contributed by atoms with Crippen LogP contribution in [0.25, 0.3) is 0 Å². The molecule has 0 saturated carbocycles. The predicted octanol–water partition coefficient (Wildman–Crippen LogP) is 0.548. The van der Waals surface area contributed by atoms with Crippen molar-refractivity contribution >= 4 is 23.3 Å². The number of anilines is 2. The summed E-state index contributed by atoms with van der Waals surface area (Å²) in [6.07, 6.45) is 0. The molecule has 0 aliphatic rings. The van der Waals surface area contributed by atoms with Crippen molar-refractivity contribution in [2.75, 3.05) is 23.7 Å². The fourth-order valence-corrected chi connectivity index (χ4v) is 1.34. The quantitative estimate of drug-likeness (QED) is 0.344. The van der Waals surface area contributed by atoms with Crippen molar-refractivity contribution in [2.45, 2.75) is 6.92 Å². The van der Waals surface area contributed by atoms with E-state index >= 15 is 0 Å². The van der Waals surface area contributed by atoms with Crippen LogP contribution in [0.4, 0.5) is 16.2 Å². The van der Waals surface area contributed by atoms with E-state index in [1.807, 2.05) is 5.43 Å². The smallest absolute Gasteiger partial charge is 0.319 e. The number of urea groups is 1. The fraction of sp³-hybridized carbons (Fsp3) is 0.273. The molecule has 0 fully saturated rings. The summed E-state index contributed by atoms with van der Waals surface area (Å²) in [6.45, 7) is 1.55. The van der Waals surface area contributed by atoms with Gasteiger partial charge in [0.1, 0.15) is 0 Å². The van der Waals surface area contributed by atoms with Crippen LogP contribution in [-0.4, -0.2) is 30.1 Å². The van der Waals surface area contributed by atoms with E-state index in [1.165, 1.54) is 6.92 Å². The lowest BCUT2D eigenvalue weighted by Crippen LogP contribution is -2.36. The highest BCUT2D eigenvalue weighted by atomic mass is 16.7. The number of benzene rings is 1. The van der Waals surface area contributed by atoms with Gasteiger partial charge in [-0.1, -0.05) is 0 Å². The van der Waals surface area contributed by atoms with Crippen LogP contribution in [0.2, 0.25) is 0 Å². The fourth-order valence-electron chi connectivity index (χ4n) is 1.34. The second-order valence-electron chi connectivity index (χ2n) is 3.80. The molecule has 0 aromatic heterocycles. The summed E-state index contributed by atoms with van der Waals surface area (Å²) < 4.78 is 0. The first kappa shape index (κ1) is 15.2. The monoisotopic (exact) mass is 281 g/mol. The third-order valence-corrected chi connectivity index (χ3v) is 2.11. The Balaban J connectivity index is 2.34. The zero-order valence-electron chi connectivity index (χ0n) is 10.8. The van der Waals surface area contributed by atoms with Crippen LogP contribution in [-0.2, 0) is 4.79 Å². The Kier molecular flexibility index (Phi) is 5.75. The van der Waals surface area contributed by atoms with Crippen molar-refractivity contribution in [3.63, 3.8) is 0 Å². The lowest BCUT2D eigenvalue weighted by molar-refractivity contribution is -0.543. The van der Waals surface area contributed by atoms with E-state index in [0.717, 1.165) is 0 Å². The number of nitro groups is 1. The second kappa shape index (κ2) is 7.56. The maximum Gasteiger partial charge on any atom is 0.319 e. The van der Waals surface area contributed by atoms with Crippen molar-refractivity contribution in [1.29, 1.82) is 0 Å². The van der Waals surface area contributed by atoms with E-state index < -0.39 is 11.1 Å². The summed E-state index contributed by atoms with van der Waals surface area (Å²) in [7, 11) is 0. The molecule has 3 amide bonds. The summed E-state index contributed by atoms with van der Waals surface area (Å²) in [4.78, 5) is 32.2. The summed E-state index contributed by atoms with van der Waals surface area (Å²) >= 11 is 0. The molecule has 0 saturated heterocycles. The highest BCUT2D eigenvalue weighted by Gasteiger charge is 2.02. The first-order valence-electron chi connectivity index (χ1n) is 5.78. The molecule has 20 heavy (non-hydrogen) atoms. The number of amides is 3. The van der Waals surface area contributed by atoms with Gasteiger partial charge in [-0.25, -0.2) is 14.9 Å². The van der Waals surface area contributed by atoms with Gasteiger partial charge in [-0.3, -0.25) is 4.79 Å². The van der Waals surface area contributed by atoms with Crippen molar-refractivity contribution in [3.8, 4) is 0 Å². The standard InChI is InChI=1S/C11H15N5O4/c1-8(17)14-9-2-4-10(5-3-9)15-11(18)12-6-7-13-16(19)20/h2-5,13H,6-7H2,1H3,(H,14,17)(H2,12,15,18). The third-order valence-electron chi connectivity index (χ3n) is 2.11. The first-order chi connectivity index (χ1) is 9.47.